The highest BCUT2D eigenvalue weighted by molar-refractivity contribution is 7.86. The van der Waals surface area contributed by atoms with Crippen LogP contribution in [0.1, 0.15) is 43.0 Å². The lowest BCUT2D eigenvalue weighted by Gasteiger charge is -2.36. The second kappa shape index (κ2) is 11.0. The molecule has 2 aliphatic rings. The van der Waals surface area contributed by atoms with Crippen LogP contribution in [0.4, 0.5) is 5.69 Å². The normalized spacial score (nSPS) is 19.5. The van der Waals surface area contributed by atoms with E-state index in [0.29, 0.717) is 50.5 Å². The Kier molecular flexibility index (Phi) is 8.42. The fourth-order valence-corrected chi connectivity index (χ4v) is 5.60. The highest BCUT2D eigenvalue weighted by Crippen LogP contribution is 2.19. The predicted octanol–water partition coefficient (Wildman–Crippen LogP) is 1.54. The molecular weight excluding hydrogens is 420 g/mol. The van der Waals surface area contributed by atoms with Crippen molar-refractivity contribution in [2.45, 2.75) is 32.6 Å². The number of carbonyl (C=O) groups excluding carboxylic acids is 2. The number of rotatable bonds is 7. The third-order valence-corrected chi connectivity index (χ3v) is 7.65. The van der Waals surface area contributed by atoms with Crippen LogP contribution in [-0.2, 0) is 19.7 Å². The minimum atomic E-state index is -3.44. The summed E-state index contributed by atoms with van der Waals surface area (Å²) in [6.45, 7) is 5.00. The number of amides is 1. The van der Waals surface area contributed by atoms with Crippen molar-refractivity contribution in [2.75, 3.05) is 57.7 Å². The summed E-state index contributed by atoms with van der Waals surface area (Å²) in [5, 5.41) is 2.78. The number of esters is 1. The Labute approximate surface area is 184 Å². The van der Waals surface area contributed by atoms with Crippen molar-refractivity contribution < 1.29 is 22.7 Å². The average Bonchev–Trinajstić information content (AvgIpc) is 3.05. The van der Waals surface area contributed by atoms with E-state index in [-0.39, 0.29) is 19.1 Å². The Balaban J connectivity index is 1.52. The van der Waals surface area contributed by atoms with E-state index in [1.807, 2.05) is 4.90 Å². The SMILES string of the molecule is CCOC(=O)c1ccccc1NC(=O)CN1CCN(S(=O)(=O)N2CCCCCC2)CC1. The molecule has 0 unspecified atom stereocenters. The highest BCUT2D eigenvalue weighted by Gasteiger charge is 2.32. The number of anilines is 1. The van der Waals surface area contributed by atoms with Gasteiger partial charge in [-0.15, -0.1) is 0 Å². The minimum Gasteiger partial charge on any atom is -0.462 e. The molecule has 31 heavy (non-hydrogen) atoms. The monoisotopic (exact) mass is 452 g/mol. The van der Waals surface area contributed by atoms with Crippen LogP contribution in [0.3, 0.4) is 0 Å². The van der Waals surface area contributed by atoms with Gasteiger partial charge in [-0.1, -0.05) is 25.0 Å². The second-order valence-electron chi connectivity index (χ2n) is 7.81. The molecule has 3 rings (SSSR count). The molecule has 1 aromatic rings. The Morgan fingerprint density at radius 2 is 1.55 bits per heavy atom. The summed E-state index contributed by atoms with van der Waals surface area (Å²) in [5.41, 5.74) is 0.722. The van der Waals surface area contributed by atoms with Crippen LogP contribution in [0.25, 0.3) is 0 Å². The van der Waals surface area contributed by atoms with Crippen molar-refractivity contribution >= 4 is 27.8 Å². The van der Waals surface area contributed by atoms with Gasteiger partial charge in [0, 0.05) is 39.3 Å². The number of carbonyl (C=O) groups is 2. The summed E-state index contributed by atoms with van der Waals surface area (Å²) < 4.78 is 34.0. The Morgan fingerprint density at radius 1 is 0.935 bits per heavy atom. The first-order chi connectivity index (χ1) is 14.9. The highest BCUT2D eigenvalue weighted by atomic mass is 32.2. The predicted molar refractivity (Wildman–Crippen MR) is 118 cm³/mol. The van der Waals surface area contributed by atoms with E-state index in [0.717, 1.165) is 25.7 Å². The number of para-hydroxylation sites is 1. The maximum Gasteiger partial charge on any atom is 0.340 e. The van der Waals surface area contributed by atoms with Gasteiger partial charge in [0.15, 0.2) is 0 Å². The second-order valence-corrected chi connectivity index (χ2v) is 9.74. The van der Waals surface area contributed by atoms with E-state index in [9.17, 15) is 18.0 Å². The fourth-order valence-electron chi connectivity index (χ4n) is 3.93. The van der Waals surface area contributed by atoms with Crippen LogP contribution in [0.2, 0.25) is 0 Å². The fraction of sp³-hybridized carbons (Fsp3) is 0.619. The zero-order valence-electron chi connectivity index (χ0n) is 18.1. The zero-order valence-corrected chi connectivity index (χ0v) is 18.9. The van der Waals surface area contributed by atoms with Crippen LogP contribution in [-0.4, -0.2) is 86.2 Å². The molecule has 0 bridgehead atoms. The summed E-state index contributed by atoms with van der Waals surface area (Å²) in [7, 11) is -3.44. The average molecular weight is 453 g/mol. The molecule has 0 spiro atoms. The Bertz CT molecular complexity index is 860. The first kappa shape index (κ1) is 23.6. The lowest BCUT2D eigenvalue weighted by Crippen LogP contribution is -2.54. The molecule has 172 valence electrons. The number of hydrogen-bond donors (Lipinski definition) is 1. The molecule has 2 heterocycles. The van der Waals surface area contributed by atoms with Crippen molar-refractivity contribution in [1.82, 2.24) is 13.5 Å². The van der Waals surface area contributed by atoms with Crippen molar-refractivity contribution in [3.05, 3.63) is 29.8 Å². The molecule has 0 aliphatic carbocycles. The lowest BCUT2D eigenvalue weighted by atomic mass is 10.2. The van der Waals surface area contributed by atoms with Crippen LogP contribution >= 0.6 is 0 Å². The van der Waals surface area contributed by atoms with E-state index in [1.54, 1.807) is 35.5 Å². The zero-order chi connectivity index (χ0) is 22.3. The quantitative estimate of drug-likeness (QED) is 0.630. The first-order valence-electron chi connectivity index (χ1n) is 11.0. The summed E-state index contributed by atoms with van der Waals surface area (Å²) in [4.78, 5) is 26.5. The van der Waals surface area contributed by atoms with Gasteiger partial charge >= 0.3 is 5.97 Å². The van der Waals surface area contributed by atoms with Gasteiger partial charge in [-0.25, -0.2) is 4.79 Å². The van der Waals surface area contributed by atoms with Crippen molar-refractivity contribution in [1.29, 1.82) is 0 Å². The number of hydrogen-bond acceptors (Lipinski definition) is 6. The number of ether oxygens (including phenoxy) is 1. The van der Waals surface area contributed by atoms with Crippen LogP contribution in [0.5, 0.6) is 0 Å². The summed E-state index contributed by atoms with van der Waals surface area (Å²) >= 11 is 0. The topological polar surface area (TPSA) is 99.3 Å². The number of nitrogens with zero attached hydrogens (tertiary/aromatic N) is 3. The standard InChI is InChI=1S/C21H32N4O5S/c1-2-30-21(27)18-9-5-6-10-19(18)22-20(26)17-23-13-15-25(16-14-23)31(28,29)24-11-7-3-4-8-12-24/h5-6,9-10H,2-4,7-8,11-17H2,1H3,(H,22,26). The smallest absolute Gasteiger partial charge is 0.340 e. The van der Waals surface area contributed by atoms with Crippen molar-refractivity contribution in [2.24, 2.45) is 0 Å². The van der Waals surface area contributed by atoms with E-state index in [1.165, 1.54) is 4.31 Å². The van der Waals surface area contributed by atoms with E-state index >= 15 is 0 Å². The molecule has 0 radical (unpaired) electrons. The first-order valence-corrected chi connectivity index (χ1v) is 12.3. The molecule has 1 N–H and O–H groups in total. The van der Waals surface area contributed by atoms with E-state index in [2.05, 4.69) is 5.32 Å². The third-order valence-electron chi connectivity index (χ3n) is 5.61. The Morgan fingerprint density at radius 3 is 2.19 bits per heavy atom. The van der Waals surface area contributed by atoms with Gasteiger partial charge in [0.1, 0.15) is 0 Å². The molecule has 2 aliphatic heterocycles. The third kappa shape index (κ3) is 6.25. The summed E-state index contributed by atoms with van der Waals surface area (Å²) in [6.07, 6.45) is 3.97. The van der Waals surface area contributed by atoms with Gasteiger partial charge in [0.2, 0.25) is 5.91 Å². The van der Waals surface area contributed by atoms with Crippen molar-refractivity contribution in [3.63, 3.8) is 0 Å². The largest absolute Gasteiger partial charge is 0.462 e. The molecule has 1 aromatic carbocycles. The molecule has 1 amide bonds. The summed E-state index contributed by atoms with van der Waals surface area (Å²) in [6, 6.07) is 6.73. The lowest BCUT2D eigenvalue weighted by molar-refractivity contribution is -0.117. The Hall–Kier alpha value is -2.01. The summed E-state index contributed by atoms with van der Waals surface area (Å²) in [5.74, 6) is -0.730. The minimum absolute atomic E-state index is 0.134. The van der Waals surface area contributed by atoms with Crippen LogP contribution in [0.15, 0.2) is 24.3 Å². The number of benzene rings is 1. The van der Waals surface area contributed by atoms with Gasteiger partial charge in [-0.3, -0.25) is 9.69 Å². The molecule has 0 saturated carbocycles. The van der Waals surface area contributed by atoms with Gasteiger partial charge in [-0.2, -0.15) is 17.0 Å². The van der Waals surface area contributed by atoms with Gasteiger partial charge in [0.05, 0.1) is 24.4 Å². The van der Waals surface area contributed by atoms with Gasteiger partial charge in [-0.05, 0) is 31.9 Å². The van der Waals surface area contributed by atoms with Crippen LogP contribution in [0, 0.1) is 0 Å². The van der Waals surface area contributed by atoms with Gasteiger partial charge in [0.25, 0.3) is 10.2 Å². The molecule has 9 nitrogen and oxygen atoms in total. The van der Waals surface area contributed by atoms with Gasteiger partial charge < -0.3 is 10.1 Å². The molecule has 2 fully saturated rings. The van der Waals surface area contributed by atoms with E-state index < -0.39 is 16.2 Å². The maximum absolute atomic E-state index is 12.9. The number of piperazine rings is 1. The van der Waals surface area contributed by atoms with E-state index in [4.69, 9.17) is 4.74 Å². The number of nitrogens with one attached hydrogen (secondary N) is 1. The molecular formula is C21H32N4O5S. The van der Waals surface area contributed by atoms with Crippen molar-refractivity contribution in [3.8, 4) is 0 Å². The molecule has 0 aromatic heterocycles. The molecule has 10 heteroatoms. The molecule has 2 saturated heterocycles. The maximum atomic E-state index is 12.9. The molecule has 0 atom stereocenters. The van der Waals surface area contributed by atoms with Crippen LogP contribution < -0.4 is 5.32 Å².